The van der Waals surface area contributed by atoms with E-state index in [0.29, 0.717) is 17.3 Å². The number of nitrogens with one attached hydrogen (secondary N) is 1. The molecule has 1 aliphatic heterocycles. The molecule has 7 nitrogen and oxygen atoms in total. The van der Waals surface area contributed by atoms with Crippen molar-refractivity contribution in [2.75, 3.05) is 13.1 Å². The lowest BCUT2D eigenvalue weighted by Crippen LogP contribution is -2.26. The van der Waals surface area contributed by atoms with Crippen molar-refractivity contribution in [3.8, 4) is 21.8 Å². The van der Waals surface area contributed by atoms with Crippen LogP contribution in [-0.2, 0) is 10.0 Å². The lowest BCUT2D eigenvalue weighted by atomic mass is 9.98. The normalized spacial score (nSPS) is 16.4. The molecule has 31 heavy (non-hydrogen) atoms. The van der Waals surface area contributed by atoms with Crippen molar-refractivity contribution in [1.29, 1.82) is 0 Å². The molecule has 0 amide bonds. The molecule has 1 aliphatic rings. The molecule has 0 spiro atoms. The molecule has 1 unspecified atom stereocenters. The molecule has 1 atom stereocenters. The van der Waals surface area contributed by atoms with E-state index in [4.69, 9.17) is 10.1 Å². The zero-order valence-corrected chi connectivity index (χ0v) is 18.7. The molecule has 164 valence electrons. The Morgan fingerprint density at radius 3 is 2.71 bits per heavy atom. The zero-order valence-electron chi connectivity index (χ0n) is 17.1. The Morgan fingerprint density at radius 1 is 1.29 bits per heavy atom. The summed E-state index contributed by atoms with van der Waals surface area (Å²) in [4.78, 5) is 13.9. The second-order valence-electron chi connectivity index (χ2n) is 7.54. The lowest BCUT2D eigenvalue weighted by Gasteiger charge is -2.20. The molecule has 3 aromatic rings. The van der Waals surface area contributed by atoms with Gasteiger partial charge in [-0.25, -0.2) is 32.9 Å². The Hall–Kier alpha value is -2.27. The topological polar surface area (TPSA) is 111 Å². The van der Waals surface area contributed by atoms with E-state index in [-0.39, 0.29) is 17.5 Å². The summed E-state index contributed by atoms with van der Waals surface area (Å²) < 4.78 is 39.7. The second kappa shape index (κ2) is 9.07. The van der Waals surface area contributed by atoms with E-state index >= 15 is 4.39 Å². The van der Waals surface area contributed by atoms with Crippen LogP contribution >= 0.6 is 11.3 Å². The molecular formula is C21H24FN5O2S2. The second-order valence-corrected chi connectivity index (χ2v) is 10.3. The third-order valence-electron chi connectivity index (χ3n) is 5.54. The molecule has 1 aromatic carbocycles. The van der Waals surface area contributed by atoms with Gasteiger partial charge in [-0.3, -0.25) is 0 Å². The van der Waals surface area contributed by atoms with Gasteiger partial charge in [-0.2, -0.15) is 0 Å². The molecule has 3 heterocycles. The van der Waals surface area contributed by atoms with Gasteiger partial charge in [-0.15, -0.1) is 11.3 Å². The summed E-state index contributed by atoms with van der Waals surface area (Å²) in [5, 5.41) is 8.54. The molecule has 0 bridgehead atoms. The van der Waals surface area contributed by atoms with E-state index in [9.17, 15) is 8.42 Å². The largest absolute Gasteiger partial charge is 0.317 e. The highest BCUT2D eigenvalue weighted by atomic mass is 32.2. The summed E-state index contributed by atoms with van der Waals surface area (Å²) in [6.45, 7) is 3.50. The predicted molar refractivity (Wildman–Crippen MR) is 120 cm³/mol. The van der Waals surface area contributed by atoms with E-state index in [1.807, 2.05) is 0 Å². The Kier molecular flexibility index (Phi) is 6.42. The fourth-order valence-electron chi connectivity index (χ4n) is 3.97. The number of piperidine rings is 1. The van der Waals surface area contributed by atoms with Gasteiger partial charge in [-0.1, -0.05) is 19.1 Å². The van der Waals surface area contributed by atoms with Crippen molar-refractivity contribution in [3.05, 3.63) is 53.2 Å². The molecule has 0 aliphatic carbocycles. The number of sulfonamides is 1. The van der Waals surface area contributed by atoms with Gasteiger partial charge in [0.05, 0.1) is 21.3 Å². The minimum Gasteiger partial charge on any atom is -0.317 e. The number of hydrogen-bond acceptors (Lipinski definition) is 7. The smallest absolute Gasteiger partial charge is 0.216 e. The fraction of sp³-hybridized carbons (Fsp3) is 0.381. The van der Waals surface area contributed by atoms with Crippen LogP contribution in [0.3, 0.4) is 0 Å². The number of nitrogens with zero attached hydrogens (tertiary/aromatic N) is 3. The van der Waals surface area contributed by atoms with Crippen LogP contribution in [0.4, 0.5) is 4.39 Å². The predicted octanol–water partition coefficient (Wildman–Crippen LogP) is 3.61. The van der Waals surface area contributed by atoms with Crippen LogP contribution in [0.1, 0.15) is 47.9 Å². The van der Waals surface area contributed by atoms with Crippen molar-refractivity contribution >= 4 is 21.4 Å². The molecule has 0 saturated carbocycles. The first-order valence-corrected chi connectivity index (χ1v) is 12.6. The summed E-state index contributed by atoms with van der Waals surface area (Å²) in [5.41, 5.74) is 1.45. The number of primary sulfonamides is 1. The van der Waals surface area contributed by atoms with Gasteiger partial charge in [0.2, 0.25) is 10.0 Å². The first-order valence-electron chi connectivity index (χ1n) is 10.2. The van der Waals surface area contributed by atoms with Crippen molar-refractivity contribution < 1.29 is 12.8 Å². The first-order chi connectivity index (χ1) is 14.9. The third kappa shape index (κ3) is 4.52. The number of aromatic nitrogens is 3. The van der Waals surface area contributed by atoms with Crippen LogP contribution in [0.25, 0.3) is 21.8 Å². The van der Waals surface area contributed by atoms with E-state index in [1.165, 1.54) is 23.7 Å². The van der Waals surface area contributed by atoms with Gasteiger partial charge < -0.3 is 5.32 Å². The molecule has 3 N–H and O–H groups in total. The maximum atomic E-state index is 15.7. The Balaban J connectivity index is 1.87. The van der Waals surface area contributed by atoms with E-state index in [2.05, 4.69) is 15.3 Å². The highest BCUT2D eigenvalue weighted by molar-refractivity contribution is 7.89. The standard InChI is InChI=1S/C21H24FN5O2S2/c1-2-17(31(23,28)29)14-4-3-5-15(18(14)22)19-20(16-8-11-25-12-26-16)30-21(27-19)13-6-9-24-10-7-13/h3-5,8,11-13,17,24H,2,6-7,9-10H2,1H3,(H2,23,28,29). The highest BCUT2D eigenvalue weighted by Gasteiger charge is 2.29. The summed E-state index contributed by atoms with van der Waals surface area (Å²) in [7, 11) is -3.95. The van der Waals surface area contributed by atoms with Gasteiger partial charge in [0.15, 0.2) is 0 Å². The van der Waals surface area contributed by atoms with Crippen LogP contribution in [0.2, 0.25) is 0 Å². The lowest BCUT2D eigenvalue weighted by molar-refractivity contribution is 0.459. The van der Waals surface area contributed by atoms with Crippen molar-refractivity contribution in [2.24, 2.45) is 5.14 Å². The molecule has 1 fully saturated rings. The molecular weight excluding hydrogens is 437 g/mol. The molecule has 2 aromatic heterocycles. The van der Waals surface area contributed by atoms with Crippen molar-refractivity contribution in [1.82, 2.24) is 20.3 Å². The van der Waals surface area contributed by atoms with Crippen molar-refractivity contribution in [2.45, 2.75) is 37.4 Å². The number of rotatable bonds is 6. The average molecular weight is 462 g/mol. The Bertz CT molecular complexity index is 1160. The SMILES string of the molecule is CCC(c1cccc(-c2nc(C3CCNCC3)sc2-c2ccncn2)c1F)S(N)(=O)=O. The summed E-state index contributed by atoms with van der Waals surface area (Å²) in [6.07, 6.45) is 5.18. The monoisotopic (exact) mass is 461 g/mol. The minimum atomic E-state index is -3.95. The van der Waals surface area contributed by atoms with E-state index in [1.54, 1.807) is 31.3 Å². The van der Waals surface area contributed by atoms with Crippen LogP contribution in [0.15, 0.2) is 36.8 Å². The molecule has 4 rings (SSSR count). The van der Waals surface area contributed by atoms with E-state index in [0.717, 1.165) is 35.8 Å². The average Bonchev–Trinajstić information content (AvgIpc) is 3.21. The third-order valence-corrected chi connectivity index (χ3v) is 8.17. The Morgan fingerprint density at radius 2 is 2.06 bits per heavy atom. The quantitative estimate of drug-likeness (QED) is 0.580. The van der Waals surface area contributed by atoms with Gasteiger partial charge >= 0.3 is 0 Å². The molecule has 10 heteroatoms. The van der Waals surface area contributed by atoms with Gasteiger partial charge in [0, 0.05) is 23.2 Å². The number of thiazole rings is 1. The summed E-state index contributed by atoms with van der Waals surface area (Å²) in [6, 6.07) is 6.52. The summed E-state index contributed by atoms with van der Waals surface area (Å²) in [5.74, 6) is -0.319. The van der Waals surface area contributed by atoms with Crippen LogP contribution in [-0.4, -0.2) is 36.5 Å². The van der Waals surface area contributed by atoms with Crippen LogP contribution < -0.4 is 10.5 Å². The van der Waals surface area contributed by atoms with Gasteiger partial charge in [0.1, 0.15) is 17.4 Å². The minimum absolute atomic E-state index is 0.0625. The molecule has 0 radical (unpaired) electrons. The van der Waals surface area contributed by atoms with E-state index < -0.39 is 21.1 Å². The number of halogens is 1. The number of benzene rings is 1. The molecule has 1 saturated heterocycles. The number of nitrogens with two attached hydrogens (primary N) is 1. The summed E-state index contributed by atoms with van der Waals surface area (Å²) >= 11 is 1.51. The maximum Gasteiger partial charge on any atom is 0.216 e. The maximum absolute atomic E-state index is 15.7. The van der Waals surface area contributed by atoms with Crippen molar-refractivity contribution in [3.63, 3.8) is 0 Å². The van der Waals surface area contributed by atoms with Gasteiger partial charge in [-0.05, 0) is 44.5 Å². The van der Waals surface area contributed by atoms with Crippen LogP contribution in [0, 0.1) is 5.82 Å². The van der Waals surface area contributed by atoms with Gasteiger partial charge in [0.25, 0.3) is 0 Å². The van der Waals surface area contributed by atoms with Crippen LogP contribution in [0.5, 0.6) is 0 Å². The first kappa shape index (κ1) is 21.9. The number of hydrogen-bond donors (Lipinski definition) is 2. The highest BCUT2D eigenvalue weighted by Crippen LogP contribution is 2.42. The zero-order chi connectivity index (χ0) is 22.0. The fourth-order valence-corrected chi connectivity index (χ4v) is 6.20. The Labute approximate surface area is 185 Å².